The van der Waals surface area contributed by atoms with Crippen LogP contribution in [-0.4, -0.2) is 28.6 Å². The van der Waals surface area contributed by atoms with Crippen LogP contribution in [0, 0.1) is 0 Å². The second kappa shape index (κ2) is 8.41. The molecule has 3 N–H and O–H groups in total. The third-order valence-electron chi connectivity index (χ3n) is 3.74. The van der Waals surface area contributed by atoms with Crippen LogP contribution in [0.5, 0.6) is 0 Å². The Hall–Kier alpha value is -2.24. The second-order valence-corrected chi connectivity index (χ2v) is 5.50. The van der Waals surface area contributed by atoms with Crippen molar-refractivity contribution in [3.63, 3.8) is 0 Å². The lowest BCUT2D eigenvalue weighted by Gasteiger charge is -2.17. The van der Waals surface area contributed by atoms with Gasteiger partial charge in [-0.2, -0.15) is 0 Å². The zero-order chi connectivity index (χ0) is 16.7. The minimum absolute atomic E-state index is 0.140. The molecular weight excluding hydrogens is 290 g/mol. The second-order valence-electron chi connectivity index (χ2n) is 5.50. The van der Waals surface area contributed by atoms with E-state index in [4.69, 9.17) is 0 Å². The van der Waals surface area contributed by atoms with Crippen LogP contribution < -0.4 is 10.6 Å². The minimum Gasteiger partial charge on any atom is -0.392 e. The molecule has 0 bridgehead atoms. The third kappa shape index (κ3) is 5.16. The summed E-state index contributed by atoms with van der Waals surface area (Å²) >= 11 is 0. The number of carbonyl (C=O) groups is 1. The number of aromatic nitrogens is 1. The molecule has 1 aromatic carbocycles. The molecule has 0 aliphatic carbocycles. The van der Waals surface area contributed by atoms with Gasteiger partial charge >= 0.3 is 0 Å². The summed E-state index contributed by atoms with van der Waals surface area (Å²) in [4.78, 5) is 16.0. The van der Waals surface area contributed by atoms with E-state index in [9.17, 15) is 9.90 Å². The fourth-order valence-electron chi connectivity index (χ4n) is 2.14. The van der Waals surface area contributed by atoms with Gasteiger partial charge in [-0.1, -0.05) is 19.1 Å². The van der Waals surface area contributed by atoms with E-state index in [0.29, 0.717) is 12.1 Å². The number of hydrogen-bond donors (Lipinski definition) is 3. The van der Waals surface area contributed by atoms with Crippen LogP contribution in [0.2, 0.25) is 0 Å². The summed E-state index contributed by atoms with van der Waals surface area (Å²) in [6.07, 6.45) is 3.60. The Bertz CT molecular complexity index is 614. The van der Waals surface area contributed by atoms with Gasteiger partial charge in [0.2, 0.25) is 0 Å². The van der Waals surface area contributed by atoms with E-state index in [1.54, 1.807) is 24.5 Å². The highest BCUT2D eigenvalue weighted by Gasteiger charge is 2.09. The Balaban J connectivity index is 1.93. The third-order valence-corrected chi connectivity index (χ3v) is 3.74. The topological polar surface area (TPSA) is 74.2 Å². The summed E-state index contributed by atoms with van der Waals surface area (Å²) in [6.45, 7) is 4.57. The first kappa shape index (κ1) is 17.1. The van der Waals surface area contributed by atoms with Gasteiger partial charge in [0.25, 0.3) is 5.91 Å². The average Bonchev–Trinajstić information content (AvgIpc) is 2.60. The van der Waals surface area contributed by atoms with Crippen molar-refractivity contribution in [2.45, 2.75) is 32.4 Å². The van der Waals surface area contributed by atoms with E-state index in [2.05, 4.69) is 15.6 Å². The van der Waals surface area contributed by atoms with E-state index in [-0.39, 0.29) is 18.1 Å². The number of pyridine rings is 1. The van der Waals surface area contributed by atoms with Gasteiger partial charge < -0.3 is 15.7 Å². The maximum Gasteiger partial charge on any atom is 0.255 e. The summed E-state index contributed by atoms with van der Waals surface area (Å²) in [6, 6.07) is 11.2. The predicted octanol–water partition coefficient (Wildman–Crippen LogP) is 2.76. The number of rotatable bonds is 7. The quantitative estimate of drug-likeness (QED) is 0.735. The zero-order valence-electron chi connectivity index (χ0n) is 13.5. The lowest BCUT2D eigenvalue weighted by atomic mass is 10.1. The first-order chi connectivity index (χ1) is 11.1. The molecule has 0 saturated heterocycles. The highest BCUT2D eigenvalue weighted by atomic mass is 16.3. The van der Waals surface area contributed by atoms with Gasteiger partial charge in [0.05, 0.1) is 6.10 Å². The van der Waals surface area contributed by atoms with Crippen molar-refractivity contribution >= 4 is 11.6 Å². The van der Waals surface area contributed by atoms with Crippen molar-refractivity contribution in [1.29, 1.82) is 0 Å². The number of anilines is 1. The molecule has 122 valence electrons. The average molecular weight is 313 g/mol. The molecule has 23 heavy (non-hydrogen) atoms. The predicted molar refractivity (Wildman–Crippen MR) is 91.3 cm³/mol. The maximum absolute atomic E-state index is 12.1. The Morgan fingerprint density at radius 2 is 1.83 bits per heavy atom. The molecule has 1 aromatic heterocycles. The Labute approximate surface area is 136 Å². The number of nitrogens with one attached hydrogen (secondary N) is 2. The lowest BCUT2D eigenvalue weighted by Crippen LogP contribution is -2.28. The molecule has 2 unspecified atom stereocenters. The normalized spacial score (nSPS) is 13.3. The van der Waals surface area contributed by atoms with Gasteiger partial charge in [0.15, 0.2) is 0 Å². The van der Waals surface area contributed by atoms with Crippen LogP contribution in [-0.2, 0) is 0 Å². The maximum atomic E-state index is 12.1. The SMILES string of the molecule is CCC(O)CNC(C)c1ccc(NC(=O)c2ccncc2)cc1. The summed E-state index contributed by atoms with van der Waals surface area (Å²) in [5, 5.41) is 15.7. The molecule has 5 nitrogen and oxygen atoms in total. The van der Waals surface area contributed by atoms with Crippen molar-refractivity contribution in [2.75, 3.05) is 11.9 Å². The van der Waals surface area contributed by atoms with Crippen molar-refractivity contribution in [2.24, 2.45) is 0 Å². The van der Waals surface area contributed by atoms with E-state index in [1.807, 2.05) is 38.1 Å². The van der Waals surface area contributed by atoms with Gasteiger partial charge in [-0.25, -0.2) is 0 Å². The molecule has 0 spiro atoms. The molecule has 2 aromatic rings. The van der Waals surface area contributed by atoms with Crippen LogP contribution in [0.1, 0.15) is 42.2 Å². The number of benzene rings is 1. The van der Waals surface area contributed by atoms with Crippen LogP contribution in [0.15, 0.2) is 48.8 Å². The summed E-state index contributed by atoms with van der Waals surface area (Å²) in [5.41, 5.74) is 2.43. The van der Waals surface area contributed by atoms with E-state index in [0.717, 1.165) is 17.7 Å². The molecule has 1 amide bonds. The van der Waals surface area contributed by atoms with Gasteiger partial charge in [-0.05, 0) is 43.2 Å². The van der Waals surface area contributed by atoms with Gasteiger partial charge in [-0.15, -0.1) is 0 Å². The van der Waals surface area contributed by atoms with Gasteiger partial charge in [0.1, 0.15) is 0 Å². The first-order valence-corrected chi connectivity index (χ1v) is 7.83. The molecule has 0 radical (unpaired) electrons. The Kier molecular flexibility index (Phi) is 6.26. The number of aliphatic hydroxyl groups excluding tert-OH is 1. The van der Waals surface area contributed by atoms with Gasteiger partial charge in [0, 0.05) is 36.2 Å². The molecule has 0 aliphatic rings. The molecule has 2 rings (SSSR count). The molecule has 5 heteroatoms. The van der Waals surface area contributed by atoms with E-state index < -0.39 is 0 Å². The van der Waals surface area contributed by atoms with Crippen molar-refractivity contribution in [3.8, 4) is 0 Å². The van der Waals surface area contributed by atoms with Crippen LogP contribution in [0.3, 0.4) is 0 Å². The minimum atomic E-state index is -0.323. The Morgan fingerprint density at radius 3 is 2.43 bits per heavy atom. The summed E-state index contributed by atoms with van der Waals surface area (Å²) in [7, 11) is 0. The molecule has 0 aliphatic heterocycles. The van der Waals surface area contributed by atoms with Crippen molar-refractivity contribution in [1.82, 2.24) is 10.3 Å². The number of aliphatic hydroxyl groups is 1. The first-order valence-electron chi connectivity index (χ1n) is 7.83. The zero-order valence-corrected chi connectivity index (χ0v) is 13.5. The van der Waals surface area contributed by atoms with Crippen molar-refractivity contribution in [3.05, 3.63) is 59.9 Å². The number of amides is 1. The van der Waals surface area contributed by atoms with E-state index >= 15 is 0 Å². The molecule has 0 saturated carbocycles. The lowest BCUT2D eigenvalue weighted by molar-refractivity contribution is 0.102. The Morgan fingerprint density at radius 1 is 1.17 bits per heavy atom. The van der Waals surface area contributed by atoms with Crippen molar-refractivity contribution < 1.29 is 9.90 Å². The van der Waals surface area contributed by atoms with E-state index in [1.165, 1.54) is 0 Å². The fraction of sp³-hybridized carbons (Fsp3) is 0.333. The molecule has 1 heterocycles. The number of hydrogen-bond acceptors (Lipinski definition) is 4. The summed E-state index contributed by atoms with van der Waals surface area (Å²) < 4.78 is 0. The highest BCUT2D eigenvalue weighted by Crippen LogP contribution is 2.16. The molecular formula is C18H23N3O2. The fourth-order valence-corrected chi connectivity index (χ4v) is 2.14. The number of carbonyl (C=O) groups excluding carboxylic acids is 1. The largest absolute Gasteiger partial charge is 0.392 e. The molecule has 0 fully saturated rings. The van der Waals surface area contributed by atoms with Gasteiger partial charge in [-0.3, -0.25) is 9.78 Å². The van der Waals surface area contributed by atoms with Crippen LogP contribution in [0.25, 0.3) is 0 Å². The molecule has 2 atom stereocenters. The highest BCUT2D eigenvalue weighted by molar-refractivity contribution is 6.04. The smallest absolute Gasteiger partial charge is 0.255 e. The van der Waals surface area contributed by atoms with Crippen LogP contribution in [0.4, 0.5) is 5.69 Å². The standard InChI is InChI=1S/C18H23N3O2/c1-3-17(22)12-20-13(2)14-4-6-16(7-5-14)21-18(23)15-8-10-19-11-9-15/h4-11,13,17,20,22H,3,12H2,1-2H3,(H,21,23). The monoisotopic (exact) mass is 313 g/mol. The number of nitrogens with zero attached hydrogens (tertiary/aromatic N) is 1. The summed E-state index contributed by atoms with van der Waals surface area (Å²) in [5.74, 6) is -0.155. The van der Waals surface area contributed by atoms with Crippen LogP contribution >= 0.6 is 0 Å².